The Balaban J connectivity index is 2.20. The molecular formula is C17H19F3N2O4S. The van der Waals surface area contributed by atoms with Gasteiger partial charge in [0.15, 0.2) is 0 Å². The number of carbonyl (C=O) groups excluding carboxylic acids is 2. The Morgan fingerprint density at radius 2 is 1.93 bits per heavy atom. The van der Waals surface area contributed by atoms with E-state index >= 15 is 0 Å². The summed E-state index contributed by atoms with van der Waals surface area (Å²) in [5, 5.41) is 5.09. The minimum Gasteiger partial charge on any atom is -0.461 e. The summed E-state index contributed by atoms with van der Waals surface area (Å²) < 4.78 is 45.9. The van der Waals surface area contributed by atoms with Gasteiger partial charge < -0.3 is 20.1 Å². The van der Waals surface area contributed by atoms with Crippen LogP contribution in [0.2, 0.25) is 0 Å². The van der Waals surface area contributed by atoms with Crippen LogP contribution in [0.1, 0.15) is 25.5 Å². The molecule has 1 atom stereocenters. The maximum absolute atomic E-state index is 12.5. The van der Waals surface area contributed by atoms with E-state index < -0.39 is 30.2 Å². The lowest BCUT2D eigenvalue weighted by molar-refractivity contribution is -0.274. The molecule has 148 valence electrons. The Morgan fingerprint density at radius 3 is 2.52 bits per heavy atom. The van der Waals surface area contributed by atoms with Gasteiger partial charge in [0.05, 0.1) is 11.6 Å². The van der Waals surface area contributed by atoms with Gasteiger partial charge >= 0.3 is 18.4 Å². The molecule has 0 aliphatic carbocycles. The third-order valence-corrected chi connectivity index (χ3v) is 4.46. The van der Waals surface area contributed by atoms with Gasteiger partial charge in [0.25, 0.3) is 0 Å². The Hall–Kier alpha value is -2.36. The standard InChI is InChI=1S/C17H19F3N2O4S/c1-3-27-9-8-25-15(23)13-10(2)21-16(24)22-14(13)11-4-6-12(7-5-11)26-17(18,19)20/h4-7,14H,3,8-9H2,1-2H3,(H2,21,22,24)/t14-/m0/s1. The molecule has 10 heteroatoms. The molecule has 2 amide bonds. The van der Waals surface area contributed by atoms with Gasteiger partial charge in [-0.25, -0.2) is 9.59 Å². The van der Waals surface area contributed by atoms with Crippen LogP contribution in [0.4, 0.5) is 18.0 Å². The molecular weight excluding hydrogens is 385 g/mol. The van der Waals surface area contributed by atoms with E-state index in [1.165, 1.54) is 12.1 Å². The van der Waals surface area contributed by atoms with E-state index in [2.05, 4.69) is 15.4 Å². The van der Waals surface area contributed by atoms with Crippen molar-refractivity contribution in [2.24, 2.45) is 0 Å². The van der Waals surface area contributed by atoms with Crippen molar-refractivity contribution in [2.45, 2.75) is 26.3 Å². The zero-order valence-corrected chi connectivity index (χ0v) is 15.5. The SMILES string of the molecule is CCSCCOC(=O)C1=C(C)NC(=O)N[C@H]1c1ccc(OC(F)(F)F)cc1. The molecule has 0 saturated carbocycles. The van der Waals surface area contributed by atoms with Gasteiger partial charge in [-0.15, -0.1) is 13.2 Å². The molecule has 2 rings (SSSR count). The summed E-state index contributed by atoms with van der Waals surface area (Å²) in [6, 6.07) is 3.58. The summed E-state index contributed by atoms with van der Waals surface area (Å²) in [6.45, 7) is 3.76. The van der Waals surface area contributed by atoms with Crippen LogP contribution in [0.5, 0.6) is 5.75 Å². The number of benzene rings is 1. The van der Waals surface area contributed by atoms with E-state index in [0.717, 1.165) is 17.9 Å². The summed E-state index contributed by atoms with van der Waals surface area (Å²) in [5.74, 6) is 0.541. The maximum atomic E-state index is 12.5. The molecule has 27 heavy (non-hydrogen) atoms. The number of carbonyl (C=O) groups is 2. The lowest BCUT2D eigenvalue weighted by Gasteiger charge is -2.28. The normalized spacial score (nSPS) is 17.2. The van der Waals surface area contributed by atoms with Crippen LogP contribution in [0, 0.1) is 0 Å². The number of thioether (sulfide) groups is 1. The monoisotopic (exact) mass is 404 g/mol. The van der Waals surface area contributed by atoms with E-state index in [0.29, 0.717) is 17.0 Å². The molecule has 0 unspecified atom stereocenters. The zero-order valence-electron chi connectivity index (χ0n) is 14.7. The number of amides is 2. The average molecular weight is 404 g/mol. The highest BCUT2D eigenvalue weighted by Crippen LogP contribution is 2.30. The van der Waals surface area contributed by atoms with Gasteiger partial charge in [-0.2, -0.15) is 11.8 Å². The summed E-state index contributed by atoms with van der Waals surface area (Å²) in [6.07, 6.45) is -4.80. The van der Waals surface area contributed by atoms with Crippen molar-refractivity contribution < 1.29 is 32.2 Å². The Kier molecular flexibility index (Phi) is 7.00. The van der Waals surface area contributed by atoms with E-state index in [-0.39, 0.29) is 12.2 Å². The summed E-state index contributed by atoms with van der Waals surface area (Å²) in [4.78, 5) is 24.3. The number of allylic oxidation sites excluding steroid dienone is 1. The first kappa shape index (κ1) is 20.9. The summed E-state index contributed by atoms with van der Waals surface area (Å²) in [7, 11) is 0. The van der Waals surface area contributed by atoms with Crippen molar-refractivity contribution in [1.82, 2.24) is 10.6 Å². The number of hydrogen-bond donors (Lipinski definition) is 2. The molecule has 0 radical (unpaired) electrons. The fraction of sp³-hybridized carbons (Fsp3) is 0.412. The highest BCUT2D eigenvalue weighted by molar-refractivity contribution is 7.99. The van der Waals surface area contributed by atoms with Gasteiger partial charge in [-0.1, -0.05) is 19.1 Å². The quantitative estimate of drug-likeness (QED) is 0.537. The second-order valence-electron chi connectivity index (χ2n) is 5.52. The first-order valence-corrected chi connectivity index (χ1v) is 9.25. The number of halogens is 3. The van der Waals surface area contributed by atoms with Gasteiger partial charge in [-0.3, -0.25) is 0 Å². The molecule has 0 bridgehead atoms. The van der Waals surface area contributed by atoms with Crippen LogP contribution in [0.15, 0.2) is 35.5 Å². The van der Waals surface area contributed by atoms with Crippen molar-refractivity contribution in [2.75, 3.05) is 18.1 Å². The van der Waals surface area contributed by atoms with Crippen molar-refractivity contribution in [1.29, 1.82) is 0 Å². The lowest BCUT2D eigenvalue weighted by Crippen LogP contribution is -2.45. The van der Waals surface area contributed by atoms with Crippen LogP contribution in [-0.4, -0.2) is 36.5 Å². The molecule has 0 aromatic heterocycles. The minimum atomic E-state index is -4.80. The van der Waals surface area contributed by atoms with Crippen LogP contribution >= 0.6 is 11.8 Å². The molecule has 0 fully saturated rings. The Morgan fingerprint density at radius 1 is 1.26 bits per heavy atom. The average Bonchev–Trinajstić information content (AvgIpc) is 2.57. The third kappa shape index (κ3) is 6.09. The number of rotatable bonds is 7. The van der Waals surface area contributed by atoms with E-state index in [1.54, 1.807) is 18.7 Å². The third-order valence-electron chi connectivity index (χ3n) is 3.60. The summed E-state index contributed by atoms with van der Waals surface area (Å²) >= 11 is 1.62. The Bertz CT molecular complexity index is 720. The first-order chi connectivity index (χ1) is 12.7. The number of urea groups is 1. The van der Waals surface area contributed by atoms with Gasteiger partial charge in [0.1, 0.15) is 12.4 Å². The largest absolute Gasteiger partial charge is 0.573 e. The van der Waals surface area contributed by atoms with Gasteiger partial charge in [-0.05, 0) is 30.4 Å². The van der Waals surface area contributed by atoms with Gasteiger partial charge in [0, 0.05) is 11.4 Å². The fourth-order valence-corrected chi connectivity index (χ4v) is 2.98. The van der Waals surface area contributed by atoms with Gasteiger partial charge in [0.2, 0.25) is 0 Å². The molecule has 0 saturated heterocycles. The number of ether oxygens (including phenoxy) is 2. The molecule has 2 N–H and O–H groups in total. The topological polar surface area (TPSA) is 76.7 Å². The number of hydrogen-bond acceptors (Lipinski definition) is 5. The van der Waals surface area contributed by atoms with Crippen molar-refractivity contribution >= 4 is 23.8 Å². The molecule has 1 aromatic carbocycles. The van der Waals surface area contributed by atoms with Crippen LogP contribution in [0.3, 0.4) is 0 Å². The predicted molar refractivity (Wildman–Crippen MR) is 94.2 cm³/mol. The molecule has 6 nitrogen and oxygen atoms in total. The molecule has 1 aliphatic rings. The predicted octanol–water partition coefficient (Wildman–Crippen LogP) is 3.51. The van der Waals surface area contributed by atoms with E-state index in [1.807, 2.05) is 6.92 Å². The van der Waals surface area contributed by atoms with Crippen LogP contribution < -0.4 is 15.4 Å². The lowest BCUT2D eigenvalue weighted by atomic mass is 9.95. The van der Waals surface area contributed by atoms with E-state index in [9.17, 15) is 22.8 Å². The highest BCUT2D eigenvalue weighted by Gasteiger charge is 2.33. The minimum absolute atomic E-state index is 0.195. The summed E-state index contributed by atoms with van der Waals surface area (Å²) in [5.41, 5.74) is 0.946. The smallest absolute Gasteiger partial charge is 0.461 e. The van der Waals surface area contributed by atoms with Crippen molar-refractivity contribution in [3.8, 4) is 5.75 Å². The number of alkyl halides is 3. The molecule has 1 heterocycles. The highest BCUT2D eigenvalue weighted by atomic mass is 32.2. The van der Waals surface area contributed by atoms with Crippen LogP contribution in [0.25, 0.3) is 0 Å². The number of esters is 1. The van der Waals surface area contributed by atoms with Crippen molar-refractivity contribution in [3.05, 3.63) is 41.1 Å². The zero-order chi connectivity index (χ0) is 20.0. The number of nitrogens with one attached hydrogen (secondary N) is 2. The molecule has 1 aliphatic heterocycles. The van der Waals surface area contributed by atoms with Crippen molar-refractivity contribution in [3.63, 3.8) is 0 Å². The first-order valence-electron chi connectivity index (χ1n) is 8.10. The second kappa shape index (κ2) is 9.03. The van der Waals surface area contributed by atoms with Crippen LogP contribution in [-0.2, 0) is 9.53 Å². The maximum Gasteiger partial charge on any atom is 0.573 e. The Labute approximate surface area is 158 Å². The molecule has 1 aromatic rings. The fourth-order valence-electron chi connectivity index (χ4n) is 2.49. The molecule has 0 spiro atoms. The van der Waals surface area contributed by atoms with E-state index in [4.69, 9.17) is 4.74 Å². The second-order valence-corrected chi connectivity index (χ2v) is 6.91.